The van der Waals surface area contributed by atoms with Crippen LogP contribution in [-0.4, -0.2) is 67.6 Å². The van der Waals surface area contributed by atoms with Crippen LogP contribution in [-0.2, 0) is 20.9 Å². The molecule has 0 bridgehead atoms. The van der Waals surface area contributed by atoms with E-state index in [1.165, 1.54) is 0 Å². The highest BCUT2D eigenvalue weighted by molar-refractivity contribution is 5.79. The average molecular weight is 456 g/mol. The number of nitrogens with zero attached hydrogens (tertiary/aromatic N) is 5. The first-order valence-corrected chi connectivity index (χ1v) is 11.6. The maximum Gasteiger partial charge on any atom is 0.290 e. The van der Waals surface area contributed by atoms with E-state index in [0.717, 1.165) is 37.2 Å². The lowest BCUT2D eigenvalue weighted by molar-refractivity contribution is -0.138. The van der Waals surface area contributed by atoms with Crippen molar-refractivity contribution >= 4 is 18.3 Å². The van der Waals surface area contributed by atoms with Gasteiger partial charge in [0, 0.05) is 38.0 Å². The van der Waals surface area contributed by atoms with Crippen LogP contribution in [0.3, 0.4) is 0 Å². The van der Waals surface area contributed by atoms with Gasteiger partial charge in [0.2, 0.25) is 11.8 Å². The van der Waals surface area contributed by atoms with Gasteiger partial charge in [0.05, 0.1) is 12.6 Å². The molecule has 2 aliphatic rings. The molecular weight excluding hydrogens is 422 g/mol. The summed E-state index contributed by atoms with van der Waals surface area (Å²) in [6.45, 7) is 6.55. The minimum absolute atomic E-state index is 0.0984. The van der Waals surface area contributed by atoms with E-state index >= 15 is 0 Å². The predicted octanol–water partition coefficient (Wildman–Crippen LogP) is 2.98. The molecule has 178 valence electrons. The van der Waals surface area contributed by atoms with E-state index in [4.69, 9.17) is 20.0 Å². The minimum atomic E-state index is -0.250. The van der Waals surface area contributed by atoms with Gasteiger partial charge in [-0.05, 0) is 18.8 Å². The predicted molar refractivity (Wildman–Crippen MR) is 123 cm³/mol. The molecule has 3 heterocycles. The Morgan fingerprint density at radius 2 is 1.88 bits per heavy atom. The van der Waals surface area contributed by atoms with E-state index in [2.05, 4.69) is 13.8 Å². The van der Waals surface area contributed by atoms with Crippen molar-refractivity contribution < 1.29 is 19.5 Å². The van der Waals surface area contributed by atoms with Crippen molar-refractivity contribution in [1.29, 1.82) is 0 Å². The molecule has 33 heavy (non-hydrogen) atoms. The number of aromatic nitrogens is 3. The smallest absolute Gasteiger partial charge is 0.290 e. The number of likely N-dealkylation sites (tertiary alicyclic amines) is 1. The molecule has 1 saturated heterocycles. The molecule has 2 aromatic rings. The Morgan fingerprint density at radius 3 is 2.58 bits per heavy atom. The van der Waals surface area contributed by atoms with E-state index < -0.39 is 0 Å². The summed E-state index contributed by atoms with van der Waals surface area (Å²) in [7, 11) is 0. The molecule has 1 fully saturated rings. The first kappa shape index (κ1) is 24.4. The lowest BCUT2D eigenvalue weighted by Crippen LogP contribution is -2.45. The molecule has 0 spiro atoms. The normalized spacial score (nSPS) is 18.3. The van der Waals surface area contributed by atoms with Crippen LogP contribution >= 0.6 is 0 Å². The number of carboxylic acid groups (broad SMARTS) is 1. The largest absolute Gasteiger partial charge is 0.483 e. The highest BCUT2D eigenvalue weighted by Crippen LogP contribution is 2.32. The third-order valence-corrected chi connectivity index (χ3v) is 6.10. The van der Waals surface area contributed by atoms with Crippen LogP contribution in [0.1, 0.15) is 57.8 Å². The van der Waals surface area contributed by atoms with Crippen LogP contribution < -0.4 is 0 Å². The molecule has 1 aromatic carbocycles. The van der Waals surface area contributed by atoms with Gasteiger partial charge in [-0.25, -0.2) is 9.67 Å². The van der Waals surface area contributed by atoms with E-state index in [1.807, 2.05) is 44.8 Å². The van der Waals surface area contributed by atoms with Crippen LogP contribution in [0.4, 0.5) is 0 Å². The Kier molecular flexibility index (Phi) is 8.57. The number of rotatable bonds is 5. The van der Waals surface area contributed by atoms with E-state index in [-0.39, 0.29) is 30.2 Å². The highest BCUT2D eigenvalue weighted by atomic mass is 16.3. The van der Waals surface area contributed by atoms with Gasteiger partial charge in [-0.2, -0.15) is 5.10 Å². The molecule has 9 heteroatoms. The van der Waals surface area contributed by atoms with Gasteiger partial charge < -0.3 is 14.9 Å². The van der Waals surface area contributed by atoms with Crippen LogP contribution in [0, 0.1) is 5.92 Å². The topological polar surface area (TPSA) is 109 Å². The third-order valence-electron chi connectivity index (χ3n) is 6.10. The number of hydrogen-bond acceptors (Lipinski definition) is 5. The Hall–Kier alpha value is -3.23. The fraction of sp³-hybridized carbons (Fsp3) is 0.542. The monoisotopic (exact) mass is 455 g/mol. The summed E-state index contributed by atoms with van der Waals surface area (Å²) >= 11 is 0. The van der Waals surface area contributed by atoms with Gasteiger partial charge in [0.15, 0.2) is 11.6 Å². The Balaban J connectivity index is 0.000000968. The zero-order chi connectivity index (χ0) is 23.8. The number of carbonyl (C=O) groups is 3. The highest BCUT2D eigenvalue weighted by Gasteiger charge is 2.36. The van der Waals surface area contributed by atoms with Crippen LogP contribution in [0.25, 0.3) is 11.4 Å². The van der Waals surface area contributed by atoms with E-state index in [1.54, 1.807) is 0 Å². The molecule has 1 atom stereocenters. The second-order valence-corrected chi connectivity index (χ2v) is 8.71. The van der Waals surface area contributed by atoms with Crippen molar-refractivity contribution in [2.24, 2.45) is 5.92 Å². The second kappa shape index (κ2) is 11.6. The van der Waals surface area contributed by atoms with E-state index in [9.17, 15) is 9.59 Å². The van der Waals surface area contributed by atoms with Gasteiger partial charge in [0.25, 0.3) is 6.47 Å². The SMILES string of the molecule is CC(C)[C@H]1c2nc(-c3ccccc3)nn2CCN1C(=O)CCN1CCCCCC1=O.O=CO. The number of fused-ring (bicyclic) bond motifs is 1. The summed E-state index contributed by atoms with van der Waals surface area (Å²) in [5, 5.41) is 11.6. The van der Waals surface area contributed by atoms with Crippen molar-refractivity contribution in [3.63, 3.8) is 0 Å². The van der Waals surface area contributed by atoms with Crippen molar-refractivity contribution in [3.05, 3.63) is 36.2 Å². The van der Waals surface area contributed by atoms with Gasteiger partial charge in [0.1, 0.15) is 0 Å². The molecular formula is C24H33N5O4. The molecule has 4 rings (SSSR count). The van der Waals surface area contributed by atoms with Crippen LogP contribution in [0.5, 0.6) is 0 Å². The molecule has 9 nitrogen and oxygen atoms in total. The molecule has 0 radical (unpaired) electrons. The van der Waals surface area contributed by atoms with Gasteiger partial charge in [-0.15, -0.1) is 0 Å². The second-order valence-electron chi connectivity index (χ2n) is 8.71. The Labute approximate surface area is 194 Å². The summed E-state index contributed by atoms with van der Waals surface area (Å²) in [4.78, 5) is 42.4. The fourth-order valence-corrected chi connectivity index (χ4v) is 4.52. The fourth-order valence-electron chi connectivity index (χ4n) is 4.52. The summed E-state index contributed by atoms with van der Waals surface area (Å²) in [5.41, 5.74) is 0.986. The number of amides is 2. The Bertz CT molecular complexity index is 944. The third kappa shape index (κ3) is 5.97. The number of carbonyl (C=O) groups excluding carboxylic acids is 2. The van der Waals surface area contributed by atoms with Crippen molar-refractivity contribution in [2.45, 2.75) is 58.5 Å². The molecule has 0 saturated carbocycles. The van der Waals surface area contributed by atoms with Gasteiger partial charge >= 0.3 is 0 Å². The first-order chi connectivity index (χ1) is 16.0. The average Bonchev–Trinajstić information content (AvgIpc) is 3.14. The van der Waals surface area contributed by atoms with Crippen molar-refractivity contribution in [3.8, 4) is 11.4 Å². The van der Waals surface area contributed by atoms with Gasteiger partial charge in [-0.1, -0.05) is 50.6 Å². The lowest BCUT2D eigenvalue weighted by Gasteiger charge is -2.37. The molecule has 0 aliphatic carbocycles. The standard InChI is InChI=1S/C23H31N5O2.CH2O2/c1-17(2)21-23-24-22(18-9-5-3-6-10-18)25-28(23)16-15-27(21)20(30)12-14-26-13-8-4-7-11-19(26)29;2-1-3/h3,5-6,9-10,17,21H,4,7-8,11-16H2,1-2H3;1H,(H,2,3)/t21-;/m0./s1. The summed E-state index contributed by atoms with van der Waals surface area (Å²) < 4.78 is 1.95. The zero-order valence-electron chi connectivity index (χ0n) is 19.4. The maximum atomic E-state index is 13.2. The molecule has 0 unspecified atom stereocenters. The van der Waals surface area contributed by atoms with Gasteiger partial charge in [-0.3, -0.25) is 14.4 Å². The molecule has 1 aromatic heterocycles. The first-order valence-electron chi connectivity index (χ1n) is 11.6. The van der Waals surface area contributed by atoms with Crippen LogP contribution in [0.2, 0.25) is 0 Å². The lowest BCUT2D eigenvalue weighted by atomic mass is 9.99. The quantitative estimate of drug-likeness (QED) is 0.695. The van der Waals surface area contributed by atoms with E-state index in [0.29, 0.717) is 38.3 Å². The zero-order valence-corrected chi connectivity index (χ0v) is 19.4. The molecule has 2 aliphatic heterocycles. The molecule has 1 N–H and O–H groups in total. The summed E-state index contributed by atoms with van der Waals surface area (Å²) in [6.07, 6.45) is 4.07. The van der Waals surface area contributed by atoms with Crippen molar-refractivity contribution in [1.82, 2.24) is 24.6 Å². The van der Waals surface area contributed by atoms with Crippen molar-refractivity contribution in [2.75, 3.05) is 19.6 Å². The summed E-state index contributed by atoms with van der Waals surface area (Å²) in [6, 6.07) is 9.85. The minimum Gasteiger partial charge on any atom is -0.483 e. The Morgan fingerprint density at radius 1 is 1.15 bits per heavy atom. The summed E-state index contributed by atoms with van der Waals surface area (Å²) in [5.74, 6) is 2.07. The molecule has 2 amide bonds. The number of benzene rings is 1. The number of hydrogen-bond donors (Lipinski definition) is 1. The maximum absolute atomic E-state index is 13.2. The van der Waals surface area contributed by atoms with Crippen LogP contribution in [0.15, 0.2) is 30.3 Å².